The first kappa shape index (κ1) is 16.7. The van der Waals surface area contributed by atoms with Crippen molar-refractivity contribution in [2.24, 2.45) is 0 Å². The number of amides is 2. The summed E-state index contributed by atoms with van der Waals surface area (Å²) in [4.78, 5) is 37.3. The molecule has 3 aromatic rings. The molecule has 1 heterocycles. The predicted octanol–water partition coefficient (Wildman–Crippen LogP) is 3.80. The molecule has 1 aliphatic carbocycles. The van der Waals surface area contributed by atoms with Crippen LogP contribution in [0.5, 0.6) is 0 Å². The highest BCUT2D eigenvalue weighted by molar-refractivity contribution is 9.11. The van der Waals surface area contributed by atoms with Crippen LogP contribution in [0, 0.1) is 0 Å². The lowest BCUT2D eigenvalue weighted by Gasteiger charge is -2.07. The standard InChI is InChI=1S/C19H11BrN2O3S/c20-16-8-7-15(26-16)19(25)22-21-18(24)10-5-6-12-11-3-1-2-4-13(11)17(23)14(12)9-10/h1-9H,(H,21,24)(H,22,25). The number of carbonyl (C=O) groups excluding carboxylic acids is 3. The molecular formula is C19H11BrN2O3S. The van der Waals surface area contributed by atoms with Gasteiger partial charge < -0.3 is 0 Å². The number of halogens is 1. The fourth-order valence-electron chi connectivity index (χ4n) is 2.85. The van der Waals surface area contributed by atoms with Gasteiger partial charge in [0.25, 0.3) is 11.8 Å². The summed E-state index contributed by atoms with van der Waals surface area (Å²) < 4.78 is 0.825. The highest BCUT2D eigenvalue weighted by atomic mass is 79.9. The van der Waals surface area contributed by atoms with E-state index in [-0.39, 0.29) is 5.78 Å². The smallest absolute Gasteiger partial charge is 0.279 e. The van der Waals surface area contributed by atoms with Gasteiger partial charge in [-0.25, -0.2) is 0 Å². The van der Waals surface area contributed by atoms with E-state index >= 15 is 0 Å². The first-order valence-electron chi connectivity index (χ1n) is 7.69. The number of ketones is 1. The van der Waals surface area contributed by atoms with E-state index in [0.29, 0.717) is 21.6 Å². The van der Waals surface area contributed by atoms with E-state index in [9.17, 15) is 14.4 Å². The Morgan fingerprint density at radius 2 is 1.50 bits per heavy atom. The summed E-state index contributed by atoms with van der Waals surface area (Å²) in [6.45, 7) is 0. The highest BCUT2D eigenvalue weighted by Crippen LogP contribution is 2.36. The van der Waals surface area contributed by atoms with Crippen molar-refractivity contribution >= 4 is 44.9 Å². The topological polar surface area (TPSA) is 75.3 Å². The van der Waals surface area contributed by atoms with Gasteiger partial charge in [0.1, 0.15) is 0 Å². The SMILES string of the molecule is O=C(NNC(=O)c1ccc(Br)s1)c1ccc2c(c1)C(=O)c1ccccc1-2. The van der Waals surface area contributed by atoms with Crippen LogP contribution in [0.15, 0.2) is 58.4 Å². The number of nitrogens with one attached hydrogen (secondary N) is 2. The predicted molar refractivity (Wildman–Crippen MR) is 102 cm³/mol. The van der Waals surface area contributed by atoms with Crippen molar-refractivity contribution in [2.75, 3.05) is 0 Å². The molecule has 2 aromatic carbocycles. The quantitative estimate of drug-likeness (QED) is 0.478. The van der Waals surface area contributed by atoms with Crippen LogP contribution in [0.25, 0.3) is 11.1 Å². The maximum Gasteiger partial charge on any atom is 0.279 e. The lowest BCUT2D eigenvalue weighted by Crippen LogP contribution is -2.41. The molecule has 1 aromatic heterocycles. The molecule has 128 valence electrons. The number of rotatable bonds is 2. The maximum absolute atomic E-state index is 12.5. The fourth-order valence-corrected chi connectivity index (χ4v) is 4.13. The van der Waals surface area contributed by atoms with Crippen LogP contribution in [-0.2, 0) is 0 Å². The largest absolute Gasteiger partial charge is 0.289 e. The molecule has 0 atom stereocenters. The number of hydrogen-bond donors (Lipinski definition) is 2. The van der Waals surface area contributed by atoms with Gasteiger partial charge in [-0.3, -0.25) is 25.2 Å². The Hall–Kier alpha value is -2.77. The zero-order chi connectivity index (χ0) is 18.3. The number of hydrazine groups is 1. The summed E-state index contributed by atoms with van der Waals surface area (Å²) in [7, 11) is 0. The highest BCUT2D eigenvalue weighted by Gasteiger charge is 2.27. The zero-order valence-electron chi connectivity index (χ0n) is 13.2. The van der Waals surface area contributed by atoms with Gasteiger partial charge in [0.2, 0.25) is 0 Å². The Kier molecular flexibility index (Phi) is 4.18. The second kappa shape index (κ2) is 6.51. The van der Waals surface area contributed by atoms with Crippen LogP contribution in [0.3, 0.4) is 0 Å². The van der Waals surface area contributed by atoms with Crippen molar-refractivity contribution in [2.45, 2.75) is 0 Å². The van der Waals surface area contributed by atoms with Crippen molar-refractivity contribution < 1.29 is 14.4 Å². The molecule has 0 radical (unpaired) electrons. The number of thiophene rings is 1. The summed E-state index contributed by atoms with van der Waals surface area (Å²) in [5.41, 5.74) is 7.87. The minimum Gasteiger partial charge on any atom is -0.289 e. The molecule has 0 fully saturated rings. The van der Waals surface area contributed by atoms with E-state index in [4.69, 9.17) is 0 Å². The van der Waals surface area contributed by atoms with Crippen LogP contribution in [-0.4, -0.2) is 17.6 Å². The second-order valence-corrected chi connectivity index (χ2v) is 8.11. The van der Waals surface area contributed by atoms with E-state index in [2.05, 4.69) is 26.8 Å². The van der Waals surface area contributed by atoms with Crippen molar-refractivity contribution in [1.82, 2.24) is 10.9 Å². The Bertz CT molecular complexity index is 1070. The van der Waals surface area contributed by atoms with Crippen molar-refractivity contribution in [3.05, 3.63) is 80.0 Å². The Morgan fingerprint density at radius 1 is 0.808 bits per heavy atom. The first-order chi connectivity index (χ1) is 12.5. The van der Waals surface area contributed by atoms with Crippen molar-refractivity contribution in [1.29, 1.82) is 0 Å². The van der Waals surface area contributed by atoms with Gasteiger partial charge in [-0.2, -0.15) is 0 Å². The number of benzene rings is 2. The van der Waals surface area contributed by atoms with E-state index in [0.717, 1.165) is 14.9 Å². The summed E-state index contributed by atoms with van der Waals surface area (Å²) in [5.74, 6) is -0.989. The molecule has 7 heteroatoms. The molecular weight excluding hydrogens is 416 g/mol. The Labute approximate surface area is 161 Å². The molecule has 2 N–H and O–H groups in total. The average Bonchev–Trinajstić information content (AvgIpc) is 3.22. The van der Waals surface area contributed by atoms with Gasteiger partial charge in [-0.1, -0.05) is 30.3 Å². The van der Waals surface area contributed by atoms with Crippen molar-refractivity contribution in [3.63, 3.8) is 0 Å². The lowest BCUT2D eigenvalue weighted by atomic mass is 10.0. The lowest BCUT2D eigenvalue weighted by molar-refractivity contribution is 0.0849. The first-order valence-corrected chi connectivity index (χ1v) is 9.30. The number of fused-ring (bicyclic) bond motifs is 3. The van der Waals surface area contributed by atoms with Crippen LogP contribution in [0.1, 0.15) is 36.0 Å². The molecule has 1 aliphatic rings. The van der Waals surface area contributed by atoms with Gasteiger partial charge in [0, 0.05) is 16.7 Å². The summed E-state index contributed by atoms with van der Waals surface area (Å²) in [5, 5.41) is 0. The third-order valence-electron chi connectivity index (χ3n) is 4.07. The molecule has 0 bridgehead atoms. The number of carbonyl (C=O) groups is 3. The van der Waals surface area contributed by atoms with Gasteiger partial charge in [-0.05, 0) is 51.3 Å². The Balaban J connectivity index is 1.52. The average molecular weight is 427 g/mol. The minimum absolute atomic E-state index is 0.0993. The van der Waals surface area contributed by atoms with Gasteiger partial charge in [-0.15, -0.1) is 11.3 Å². The van der Waals surface area contributed by atoms with Gasteiger partial charge in [0.15, 0.2) is 5.78 Å². The third kappa shape index (κ3) is 2.85. The maximum atomic E-state index is 12.5. The minimum atomic E-state index is -0.486. The Morgan fingerprint density at radius 3 is 2.23 bits per heavy atom. The molecule has 5 nitrogen and oxygen atoms in total. The molecule has 0 saturated carbocycles. The van der Waals surface area contributed by atoms with Crippen LogP contribution in [0.4, 0.5) is 0 Å². The van der Waals surface area contributed by atoms with Gasteiger partial charge >= 0.3 is 0 Å². The molecule has 0 spiro atoms. The summed E-state index contributed by atoms with van der Waals surface area (Å²) >= 11 is 4.54. The van der Waals surface area contributed by atoms with E-state index < -0.39 is 11.8 Å². The second-order valence-electron chi connectivity index (χ2n) is 5.65. The monoisotopic (exact) mass is 426 g/mol. The summed E-state index contributed by atoms with van der Waals surface area (Å²) in [6, 6.07) is 15.7. The van der Waals surface area contributed by atoms with Gasteiger partial charge in [0.05, 0.1) is 8.66 Å². The molecule has 26 heavy (non-hydrogen) atoms. The normalized spacial score (nSPS) is 11.7. The summed E-state index contributed by atoms with van der Waals surface area (Å²) in [6.07, 6.45) is 0. The number of hydrogen-bond acceptors (Lipinski definition) is 4. The van der Waals surface area contributed by atoms with Crippen LogP contribution >= 0.6 is 27.3 Å². The molecule has 4 rings (SSSR count). The molecule has 0 aliphatic heterocycles. The van der Waals surface area contributed by atoms with Crippen molar-refractivity contribution in [3.8, 4) is 11.1 Å². The third-order valence-corrected chi connectivity index (χ3v) is 5.70. The van der Waals surface area contributed by atoms with E-state index in [1.54, 1.807) is 36.4 Å². The molecule has 0 unspecified atom stereocenters. The van der Waals surface area contributed by atoms with Crippen LogP contribution in [0.2, 0.25) is 0 Å². The van der Waals surface area contributed by atoms with Crippen LogP contribution < -0.4 is 10.9 Å². The molecule has 0 saturated heterocycles. The van der Waals surface area contributed by atoms with E-state index in [1.165, 1.54) is 11.3 Å². The molecule has 2 amide bonds. The zero-order valence-corrected chi connectivity index (χ0v) is 15.6. The van der Waals surface area contributed by atoms with E-state index in [1.807, 2.05) is 18.2 Å². The fraction of sp³-hybridized carbons (Fsp3) is 0.